The molecule has 0 saturated carbocycles. The van der Waals surface area contributed by atoms with Gasteiger partial charge in [-0.05, 0) is 40.9 Å². The van der Waals surface area contributed by atoms with Crippen molar-refractivity contribution in [3.8, 4) is 5.69 Å². The van der Waals surface area contributed by atoms with Crippen molar-refractivity contribution in [3.05, 3.63) is 52.2 Å². The van der Waals surface area contributed by atoms with E-state index in [0.717, 1.165) is 10.6 Å². The first kappa shape index (κ1) is 17.1. The van der Waals surface area contributed by atoms with Crippen molar-refractivity contribution < 1.29 is 9.84 Å². The van der Waals surface area contributed by atoms with Crippen molar-refractivity contribution in [1.82, 2.24) is 20.2 Å². The van der Waals surface area contributed by atoms with E-state index < -0.39 is 6.10 Å². The lowest BCUT2D eigenvalue weighted by Gasteiger charge is -2.10. The molecule has 0 aliphatic carbocycles. The molecular weight excluding hydrogens is 344 g/mol. The van der Waals surface area contributed by atoms with Crippen LogP contribution < -0.4 is 0 Å². The van der Waals surface area contributed by atoms with Gasteiger partial charge in [0.05, 0.1) is 25.0 Å². The summed E-state index contributed by atoms with van der Waals surface area (Å²) in [5.41, 5.74) is 2.08. The molecule has 3 rings (SSSR count). The summed E-state index contributed by atoms with van der Waals surface area (Å²) in [6.45, 7) is 2.85. The second kappa shape index (κ2) is 8.39. The molecule has 1 N–H and O–H groups in total. The molecule has 24 heavy (non-hydrogen) atoms. The number of tetrazole rings is 1. The van der Waals surface area contributed by atoms with Crippen LogP contribution in [0.5, 0.6) is 0 Å². The molecule has 0 amide bonds. The predicted octanol–water partition coefficient (Wildman–Crippen LogP) is 2.70. The summed E-state index contributed by atoms with van der Waals surface area (Å²) in [7, 11) is 0. The van der Waals surface area contributed by atoms with Crippen LogP contribution >= 0.6 is 23.1 Å². The van der Waals surface area contributed by atoms with E-state index in [2.05, 4.69) is 15.5 Å². The molecule has 0 fully saturated rings. The minimum atomic E-state index is -0.571. The van der Waals surface area contributed by atoms with Gasteiger partial charge in [-0.3, -0.25) is 0 Å². The third-order valence-corrected chi connectivity index (χ3v) is 5.17. The van der Waals surface area contributed by atoms with E-state index in [4.69, 9.17) is 4.74 Å². The molecule has 0 spiro atoms. The minimum absolute atomic E-state index is 0.289. The number of aliphatic hydroxyl groups is 1. The van der Waals surface area contributed by atoms with Gasteiger partial charge in [0.1, 0.15) is 0 Å². The van der Waals surface area contributed by atoms with Crippen LogP contribution in [0.2, 0.25) is 0 Å². The van der Waals surface area contributed by atoms with E-state index >= 15 is 0 Å². The smallest absolute Gasteiger partial charge is 0.214 e. The van der Waals surface area contributed by atoms with Gasteiger partial charge in [-0.15, -0.1) is 16.4 Å². The van der Waals surface area contributed by atoms with Gasteiger partial charge in [0.25, 0.3) is 0 Å². The zero-order valence-electron chi connectivity index (χ0n) is 13.2. The van der Waals surface area contributed by atoms with Crippen molar-refractivity contribution in [2.75, 3.05) is 12.4 Å². The summed E-state index contributed by atoms with van der Waals surface area (Å²) in [4.78, 5) is 1.15. The first-order valence-corrected chi connectivity index (χ1v) is 9.35. The molecular formula is C16H18N4O2S2. The van der Waals surface area contributed by atoms with Gasteiger partial charge in [0.2, 0.25) is 5.16 Å². The molecule has 1 atom stereocenters. The molecule has 2 aromatic heterocycles. The second-order valence-electron chi connectivity index (χ2n) is 5.27. The third-order valence-electron chi connectivity index (χ3n) is 3.26. The monoisotopic (exact) mass is 362 g/mol. The highest BCUT2D eigenvalue weighted by atomic mass is 32.2. The van der Waals surface area contributed by atoms with Gasteiger partial charge in [-0.2, -0.15) is 4.68 Å². The first-order chi connectivity index (χ1) is 11.7. The van der Waals surface area contributed by atoms with E-state index in [1.54, 1.807) is 16.0 Å². The van der Waals surface area contributed by atoms with Gasteiger partial charge in [0, 0.05) is 10.6 Å². The molecule has 1 aromatic carbocycles. The van der Waals surface area contributed by atoms with Crippen LogP contribution in [0.4, 0.5) is 0 Å². The molecule has 0 aliphatic rings. The van der Waals surface area contributed by atoms with Crippen LogP contribution in [-0.2, 0) is 11.3 Å². The lowest BCUT2D eigenvalue weighted by atomic mass is 10.2. The molecule has 3 aromatic rings. The van der Waals surface area contributed by atoms with E-state index in [1.807, 2.05) is 48.7 Å². The quantitative estimate of drug-likeness (QED) is 0.621. The molecule has 0 saturated heterocycles. The number of nitrogens with zero attached hydrogens (tertiary/aromatic N) is 4. The third kappa shape index (κ3) is 4.64. The summed E-state index contributed by atoms with van der Waals surface area (Å²) in [5.74, 6) is 0.469. The average molecular weight is 362 g/mol. The van der Waals surface area contributed by atoms with Crippen LogP contribution in [-0.4, -0.2) is 43.8 Å². The zero-order chi connectivity index (χ0) is 16.8. The lowest BCUT2D eigenvalue weighted by Crippen LogP contribution is -2.18. The van der Waals surface area contributed by atoms with E-state index in [9.17, 15) is 5.11 Å². The van der Waals surface area contributed by atoms with Crippen LogP contribution in [0, 0.1) is 6.92 Å². The highest BCUT2D eigenvalue weighted by molar-refractivity contribution is 7.99. The number of benzene rings is 1. The van der Waals surface area contributed by atoms with Gasteiger partial charge in [0.15, 0.2) is 0 Å². The van der Waals surface area contributed by atoms with Gasteiger partial charge >= 0.3 is 0 Å². The van der Waals surface area contributed by atoms with E-state index in [1.165, 1.54) is 17.3 Å². The van der Waals surface area contributed by atoms with Gasteiger partial charge in [-0.25, -0.2) is 0 Å². The Morgan fingerprint density at radius 3 is 2.88 bits per heavy atom. The maximum absolute atomic E-state index is 10.1. The van der Waals surface area contributed by atoms with Crippen molar-refractivity contribution in [1.29, 1.82) is 0 Å². The maximum atomic E-state index is 10.1. The summed E-state index contributed by atoms with van der Waals surface area (Å²) >= 11 is 3.05. The Hall–Kier alpha value is -1.74. The number of thioether (sulfide) groups is 1. The van der Waals surface area contributed by atoms with Crippen LogP contribution in [0.25, 0.3) is 5.69 Å². The Morgan fingerprint density at radius 1 is 1.29 bits per heavy atom. The summed E-state index contributed by atoms with van der Waals surface area (Å²) in [5, 5.41) is 24.5. The fourth-order valence-electron chi connectivity index (χ4n) is 2.03. The minimum Gasteiger partial charge on any atom is -0.390 e. The largest absolute Gasteiger partial charge is 0.390 e. The van der Waals surface area contributed by atoms with Crippen molar-refractivity contribution in [2.24, 2.45) is 0 Å². The Balaban J connectivity index is 1.49. The SMILES string of the molecule is Cc1ccc(-n2nnnc2SC[C@H](O)COCc2cccs2)cc1. The van der Waals surface area contributed by atoms with E-state index in [0.29, 0.717) is 17.5 Å². The summed E-state index contributed by atoms with van der Waals surface area (Å²) in [6, 6.07) is 12.0. The van der Waals surface area contributed by atoms with Crippen molar-refractivity contribution in [3.63, 3.8) is 0 Å². The molecule has 0 radical (unpaired) electrons. The number of aliphatic hydroxyl groups excluding tert-OH is 1. The molecule has 0 unspecified atom stereocenters. The Labute approximate surface area is 148 Å². The molecule has 8 heteroatoms. The fraction of sp³-hybridized carbons (Fsp3) is 0.312. The molecule has 0 bridgehead atoms. The molecule has 2 heterocycles. The average Bonchev–Trinajstić information content (AvgIpc) is 3.25. The van der Waals surface area contributed by atoms with Crippen molar-refractivity contribution in [2.45, 2.75) is 24.8 Å². The summed E-state index contributed by atoms with van der Waals surface area (Å²) < 4.78 is 7.20. The molecule has 0 aliphatic heterocycles. The standard InChI is InChI=1S/C16H18N4O2S2/c1-12-4-6-13(7-5-12)20-16(17-18-19-20)24-11-14(21)9-22-10-15-3-2-8-23-15/h2-8,14,21H,9-11H2,1H3/t14-/m1/s1. The molecule has 126 valence electrons. The van der Waals surface area contributed by atoms with Gasteiger partial charge < -0.3 is 9.84 Å². The fourth-order valence-corrected chi connectivity index (χ4v) is 3.46. The number of aryl methyl sites for hydroxylation is 1. The lowest BCUT2D eigenvalue weighted by molar-refractivity contribution is 0.0409. The van der Waals surface area contributed by atoms with Gasteiger partial charge in [-0.1, -0.05) is 35.5 Å². The maximum Gasteiger partial charge on any atom is 0.214 e. The Kier molecular flexibility index (Phi) is 5.97. The predicted molar refractivity (Wildman–Crippen MR) is 94.6 cm³/mol. The Morgan fingerprint density at radius 2 is 2.12 bits per heavy atom. The zero-order valence-corrected chi connectivity index (χ0v) is 14.8. The number of hydrogen-bond acceptors (Lipinski definition) is 7. The number of aromatic nitrogens is 4. The topological polar surface area (TPSA) is 73.1 Å². The molecule has 6 nitrogen and oxygen atoms in total. The number of ether oxygens (including phenoxy) is 1. The van der Waals surface area contributed by atoms with Crippen LogP contribution in [0.1, 0.15) is 10.4 Å². The number of thiophene rings is 1. The van der Waals surface area contributed by atoms with E-state index in [-0.39, 0.29) is 6.61 Å². The number of hydrogen-bond donors (Lipinski definition) is 1. The Bertz CT molecular complexity index is 744. The van der Waals surface area contributed by atoms with Crippen molar-refractivity contribution >= 4 is 23.1 Å². The number of rotatable bonds is 8. The normalized spacial score (nSPS) is 12.4. The van der Waals surface area contributed by atoms with Crippen LogP contribution in [0.3, 0.4) is 0 Å². The highest BCUT2D eigenvalue weighted by Crippen LogP contribution is 2.19. The first-order valence-electron chi connectivity index (χ1n) is 7.49. The van der Waals surface area contributed by atoms with Crippen LogP contribution in [0.15, 0.2) is 46.9 Å². The highest BCUT2D eigenvalue weighted by Gasteiger charge is 2.12. The second-order valence-corrected chi connectivity index (χ2v) is 7.29. The summed E-state index contributed by atoms with van der Waals surface area (Å²) in [6.07, 6.45) is -0.571.